The van der Waals surface area contributed by atoms with Gasteiger partial charge in [-0.1, -0.05) is 48.5 Å². The summed E-state index contributed by atoms with van der Waals surface area (Å²) < 4.78 is 26.0. The molecule has 11 N–H and O–H groups in total. The number of para-hydroxylation sites is 7. The first kappa shape index (κ1) is 60.7. The Kier molecular flexibility index (Phi) is 26.7. The molecule has 28 heteroatoms. The first-order chi connectivity index (χ1) is 34.1. The maximum atomic E-state index is 12.4. The summed E-state index contributed by atoms with van der Waals surface area (Å²) in [6, 6.07) is 21.7. The quantitative estimate of drug-likeness (QED) is 0.0375. The van der Waals surface area contributed by atoms with Gasteiger partial charge in [-0.25, -0.2) is 4.79 Å². The van der Waals surface area contributed by atoms with Crippen LogP contribution in [0.25, 0.3) is 0 Å². The molecular weight excluding hydrogens is 964 g/mol. The van der Waals surface area contributed by atoms with Gasteiger partial charge in [0.1, 0.15) is 29.9 Å². The van der Waals surface area contributed by atoms with Crippen molar-refractivity contribution in [2.24, 2.45) is 5.73 Å². The van der Waals surface area contributed by atoms with Crippen LogP contribution in [0.3, 0.4) is 0 Å². The smallest absolute Gasteiger partial charge is 0.328 e. The summed E-state index contributed by atoms with van der Waals surface area (Å²) in [6.45, 7) is 0. The van der Waals surface area contributed by atoms with Gasteiger partial charge in [0.25, 0.3) is 5.69 Å². The van der Waals surface area contributed by atoms with Crippen LogP contribution in [0.15, 0.2) is 97.1 Å². The zero-order valence-corrected chi connectivity index (χ0v) is 38.6. The molecule has 2 aliphatic rings. The molecule has 0 saturated heterocycles. The van der Waals surface area contributed by atoms with Gasteiger partial charge in [0.15, 0.2) is 0 Å². The number of ether oxygens (including phenoxy) is 3. The summed E-state index contributed by atoms with van der Waals surface area (Å²) in [6.07, 6.45) is -1.03. The molecular formula is C44H51FN8O19. The van der Waals surface area contributed by atoms with Gasteiger partial charge in [-0.05, 0) is 36.4 Å². The predicted octanol–water partition coefficient (Wildman–Crippen LogP) is 3.20. The number of methoxy groups -OCH3 is 3. The number of nitro benzene ring substituents is 2. The van der Waals surface area contributed by atoms with E-state index in [1.54, 1.807) is 30.3 Å². The average Bonchev–Trinajstić information content (AvgIpc) is 3.35. The standard InChI is InChI=1S/C12H14N2O6.C11H12N2O3.C10H10N2O3.C6H4FNO2.C4H7NO4.CH4O/c1-19-11(15)7-9(12(16)20-2)13-8-5-3-4-6-10(8)14(17)18;1-16-10(14)6-9-11(15)13-8-5-3-2-4-7(8)12-9;13-9(14)5-8-10(15)12-7-4-2-1-3-6(7)11-8;7-5-3-1-2-4-6(5)8(9)10;5-2(4(8)9)1-3(6)7;1-2/h3-6,9,13H,7H2,1-2H3;2-5,9,12H,6H2,1H3,(H,13,15);1-4,8,11H,5H2,(H,12,15)(H,13,14);1-4H;2H,1,5H2,(H,6,7)(H,8,9);2H,1H3/t2*9-;8-;;2-;/m111.1./s1. The van der Waals surface area contributed by atoms with Gasteiger partial charge >= 0.3 is 41.5 Å². The van der Waals surface area contributed by atoms with E-state index >= 15 is 0 Å². The van der Waals surface area contributed by atoms with Crippen LogP contribution in [0.1, 0.15) is 25.7 Å². The van der Waals surface area contributed by atoms with Crippen LogP contribution in [-0.2, 0) is 52.6 Å². The second kappa shape index (κ2) is 31.7. The highest BCUT2D eigenvalue weighted by atomic mass is 19.1. The van der Waals surface area contributed by atoms with E-state index < -0.39 is 87.8 Å². The number of halogens is 1. The number of carbonyl (C=O) groups excluding carboxylic acids is 5. The molecule has 4 aromatic carbocycles. The number of rotatable bonds is 14. The second-order valence-corrected chi connectivity index (χ2v) is 13.9. The van der Waals surface area contributed by atoms with Crippen LogP contribution in [0.2, 0.25) is 0 Å². The largest absolute Gasteiger partial charge is 0.481 e. The summed E-state index contributed by atoms with van der Waals surface area (Å²) in [5.74, 6) is -6.58. The van der Waals surface area contributed by atoms with Crippen molar-refractivity contribution >= 4 is 87.4 Å². The molecule has 0 spiro atoms. The number of aliphatic hydroxyl groups excluding tert-OH is 1. The number of hydrogen-bond donors (Lipinski definition) is 10. The van der Waals surface area contributed by atoms with Crippen LogP contribution in [0, 0.1) is 26.0 Å². The van der Waals surface area contributed by atoms with Gasteiger partial charge in [-0.3, -0.25) is 53.8 Å². The van der Waals surface area contributed by atoms with Crippen molar-refractivity contribution in [1.82, 2.24) is 0 Å². The first-order valence-corrected chi connectivity index (χ1v) is 20.4. The Morgan fingerprint density at radius 3 is 1.46 bits per heavy atom. The number of aliphatic hydroxyl groups is 1. The van der Waals surface area contributed by atoms with Crippen molar-refractivity contribution < 1.29 is 87.2 Å². The van der Waals surface area contributed by atoms with E-state index in [9.17, 15) is 63.0 Å². The molecule has 2 heterocycles. The maximum absolute atomic E-state index is 12.4. The Bertz CT molecular complexity index is 2530. The number of carbonyl (C=O) groups is 8. The fourth-order valence-electron chi connectivity index (χ4n) is 5.50. The van der Waals surface area contributed by atoms with Gasteiger partial charge in [-0.15, -0.1) is 0 Å². The summed E-state index contributed by atoms with van der Waals surface area (Å²) in [5.41, 5.74) is 7.26. The summed E-state index contributed by atoms with van der Waals surface area (Å²) in [7, 11) is 4.65. The number of hydrogen-bond acceptors (Lipinski definition) is 20. The zero-order chi connectivity index (χ0) is 54.5. The van der Waals surface area contributed by atoms with E-state index in [1.165, 1.54) is 44.6 Å². The van der Waals surface area contributed by atoms with Gasteiger partial charge in [-0.2, -0.15) is 4.39 Å². The molecule has 27 nitrogen and oxygen atoms in total. The van der Waals surface area contributed by atoms with Gasteiger partial charge in [0, 0.05) is 19.2 Å². The Labute approximate surface area is 407 Å². The summed E-state index contributed by atoms with van der Waals surface area (Å²) in [5, 5.41) is 66.4. The zero-order valence-electron chi connectivity index (χ0n) is 38.6. The van der Waals surface area contributed by atoms with E-state index in [-0.39, 0.29) is 42.5 Å². The molecule has 0 aliphatic carbocycles. The number of nitro groups is 2. The lowest BCUT2D eigenvalue weighted by molar-refractivity contribution is -0.387. The normalized spacial score (nSPS) is 14.0. The molecule has 0 fully saturated rings. The first-order valence-electron chi connectivity index (χ1n) is 20.4. The minimum atomic E-state index is -1.29. The molecule has 4 aromatic rings. The summed E-state index contributed by atoms with van der Waals surface area (Å²) in [4.78, 5) is 107. The minimum absolute atomic E-state index is 0.0245. The molecule has 388 valence electrons. The van der Waals surface area contributed by atoms with Crippen molar-refractivity contribution in [2.45, 2.75) is 49.9 Å². The van der Waals surface area contributed by atoms with Crippen LogP contribution in [-0.4, -0.2) is 131 Å². The van der Waals surface area contributed by atoms with E-state index in [0.29, 0.717) is 5.69 Å². The number of carboxylic acid groups (broad SMARTS) is 3. The number of anilines is 5. The monoisotopic (exact) mass is 1010 g/mol. The fourth-order valence-corrected chi connectivity index (χ4v) is 5.50. The molecule has 0 radical (unpaired) electrons. The molecule has 0 saturated carbocycles. The van der Waals surface area contributed by atoms with Crippen LogP contribution >= 0.6 is 0 Å². The number of nitrogens with zero attached hydrogens (tertiary/aromatic N) is 2. The van der Waals surface area contributed by atoms with Crippen molar-refractivity contribution in [3.63, 3.8) is 0 Å². The van der Waals surface area contributed by atoms with Gasteiger partial charge < -0.3 is 67.0 Å². The Morgan fingerprint density at radius 2 is 1.07 bits per heavy atom. The molecule has 0 aromatic heterocycles. The van der Waals surface area contributed by atoms with E-state index in [4.69, 9.17) is 26.2 Å². The molecule has 6 rings (SSSR count). The van der Waals surface area contributed by atoms with Crippen molar-refractivity contribution in [1.29, 1.82) is 0 Å². The molecule has 72 heavy (non-hydrogen) atoms. The topological polar surface area (TPSA) is 418 Å². The third-order valence-corrected chi connectivity index (χ3v) is 8.92. The molecule has 4 atom stereocenters. The molecule has 0 unspecified atom stereocenters. The third-order valence-electron chi connectivity index (χ3n) is 8.92. The van der Waals surface area contributed by atoms with Crippen molar-refractivity contribution in [3.05, 3.63) is 123 Å². The molecule has 0 bridgehead atoms. The number of fused-ring (bicyclic) bond motifs is 2. The SMILES string of the molecule is CO.COC(=O)C[C@@H](Nc1ccccc1[N+](=O)[O-])C(=O)OC.COC(=O)C[C@H]1Nc2ccccc2NC1=O.N[C@H](CC(=O)O)C(=O)O.O=C(O)C[C@H]1Nc2ccccc2NC1=O.O=[N+]([O-])c1ccccc1F. The predicted molar refractivity (Wildman–Crippen MR) is 252 cm³/mol. The number of esters is 3. The average molecular weight is 1010 g/mol. The maximum Gasteiger partial charge on any atom is 0.328 e. The Hall–Kier alpha value is -9.31. The van der Waals surface area contributed by atoms with Crippen molar-refractivity contribution in [3.8, 4) is 0 Å². The van der Waals surface area contributed by atoms with E-state index in [0.717, 1.165) is 43.4 Å². The van der Waals surface area contributed by atoms with Crippen molar-refractivity contribution in [2.75, 3.05) is 55.0 Å². The number of nitrogens with one attached hydrogen (secondary N) is 5. The van der Waals surface area contributed by atoms with Crippen LogP contribution < -0.4 is 32.3 Å². The second-order valence-electron chi connectivity index (χ2n) is 13.9. The third kappa shape index (κ3) is 21.3. The van der Waals surface area contributed by atoms with Gasteiger partial charge in [0.05, 0.1) is 79.6 Å². The lowest BCUT2D eigenvalue weighted by Gasteiger charge is -2.25. The Balaban J connectivity index is 0.000000458. The van der Waals surface area contributed by atoms with Crippen LogP contribution in [0.4, 0.5) is 44.2 Å². The number of amides is 2. The minimum Gasteiger partial charge on any atom is -0.481 e. The number of carboxylic acids is 3. The highest BCUT2D eigenvalue weighted by Gasteiger charge is 2.29. The highest BCUT2D eigenvalue weighted by Crippen LogP contribution is 2.28. The highest BCUT2D eigenvalue weighted by molar-refractivity contribution is 6.05. The van der Waals surface area contributed by atoms with E-state index in [1.807, 2.05) is 24.3 Å². The summed E-state index contributed by atoms with van der Waals surface area (Å²) >= 11 is 0. The van der Waals surface area contributed by atoms with Gasteiger partial charge in [0.2, 0.25) is 17.6 Å². The number of aliphatic carboxylic acids is 3. The van der Waals surface area contributed by atoms with E-state index in [2.05, 4.69) is 40.8 Å². The number of nitrogens with two attached hydrogens (primary N) is 1. The molecule has 2 amide bonds. The fraction of sp³-hybridized carbons (Fsp3) is 0.273. The van der Waals surface area contributed by atoms with Crippen LogP contribution in [0.5, 0.6) is 0 Å². The lowest BCUT2D eigenvalue weighted by Crippen LogP contribution is -2.40. The lowest BCUT2D eigenvalue weighted by atomic mass is 10.1. The Morgan fingerprint density at radius 1 is 0.639 bits per heavy atom. The number of benzene rings is 4. The molecule has 2 aliphatic heterocycles.